The van der Waals surface area contributed by atoms with Crippen LogP contribution >= 0.6 is 0 Å². The molecule has 3 aromatic rings. The minimum absolute atomic E-state index is 0.0807. The maximum atomic E-state index is 12.2. The summed E-state index contributed by atoms with van der Waals surface area (Å²) < 4.78 is 1.69. The van der Waals surface area contributed by atoms with Crippen LogP contribution in [0.15, 0.2) is 53.5 Å². The Hall–Kier alpha value is -2.95. The number of benzene rings is 2. The summed E-state index contributed by atoms with van der Waals surface area (Å²) in [7, 11) is 0. The van der Waals surface area contributed by atoms with E-state index in [4.69, 9.17) is 0 Å². The minimum atomic E-state index is -0.110. The Morgan fingerprint density at radius 1 is 1.12 bits per heavy atom. The van der Waals surface area contributed by atoms with Crippen molar-refractivity contribution in [3.63, 3.8) is 0 Å². The van der Waals surface area contributed by atoms with Crippen molar-refractivity contribution in [2.45, 2.75) is 26.8 Å². The van der Waals surface area contributed by atoms with Crippen molar-refractivity contribution in [2.75, 3.05) is 5.32 Å². The molecule has 122 valence electrons. The number of nitrogens with zero attached hydrogens (tertiary/aromatic N) is 2. The zero-order valence-electron chi connectivity index (χ0n) is 13.7. The topological polar surface area (TPSA) is 64.0 Å². The Balaban J connectivity index is 1.72. The number of fused-ring (bicyclic) bond motifs is 1. The SMILES string of the molecule is Cc1ccc(NC(=O)CCn2ncc(=O)c3ccccc32)cc1C. The summed E-state index contributed by atoms with van der Waals surface area (Å²) in [6, 6.07) is 13.1. The molecule has 0 aliphatic heterocycles. The van der Waals surface area contributed by atoms with E-state index in [-0.39, 0.29) is 17.8 Å². The molecule has 0 fully saturated rings. The maximum absolute atomic E-state index is 12.2. The van der Waals surface area contributed by atoms with Crippen molar-refractivity contribution >= 4 is 22.5 Å². The van der Waals surface area contributed by atoms with Gasteiger partial charge in [-0.15, -0.1) is 0 Å². The first-order valence-corrected chi connectivity index (χ1v) is 7.86. The molecule has 1 amide bonds. The monoisotopic (exact) mass is 321 g/mol. The van der Waals surface area contributed by atoms with E-state index in [1.54, 1.807) is 10.7 Å². The number of carbonyl (C=O) groups excluding carboxylic acids is 1. The summed E-state index contributed by atoms with van der Waals surface area (Å²) in [5.41, 5.74) is 3.75. The van der Waals surface area contributed by atoms with Gasteiger partial charge >= 0.3 is 0 Å². The van der Waals surface area contributed by atoms with Crippen molar-refractivity contribution < 1.29 is 4.79 Å². The van der Waals surface area contributed by atoms with Gasteiger partial charge in [0.25, 0.3) is 0 Å². The smallest absolute Gasteiger partial charge is 0.226 e. The number of carbonyl (C=O) groups is 1. The highest BCUT2D eigenvalue weighted by Gasteiger charge is 2.07. The van der Waals surface area contributed by atoms with E-state index in [1.807, 2.05) is 50.2 Å². The lowest BCUT2D eigenvalue weighted by Gasteiger charge is -2.10. The Labute approximate surface area is 139 Å². The molecule has 0 radical (unpaired) electrons. The van der Waals surface area contributed by atoms with E-state index in [1.165, 1.54) is 11.8 Å². The standard InChI is InChI=1S/C19H19N3O2/c1-13-7-8-15(11-14(13)2)21-19(24)9-10-22-17-6-4-3-5-16(17)18(23)12-20-22/h3-8,11-12H,9-10H2,1-2H3,(H,21,24). The van der Waals surface area contributed by atoms with Gasteiger partial charge < -0.3 is 5.32 Å². The Kier molecular flexibility index (Phi) is 4.42. The molecule has 0 spiro atoms. The number of rotatable bonds is 4. The van der Waals surface area contributed by atoms with Crippen molar-refractivity contribution in [2.24, 2.45) is 0 Å². The van der Waals surface area contributed by atoms with E-state index in [0.717, 1.165) is 16.8 Å². The largest absolute Gasteiger partial charge is 0.326 e. The van der Waals surface area contributed by atoms with E-state index < -0.39 is 0 Å². The summed E-state index contributed by atoms with van der Waals surface area (Å²) in [5.74, 6) is -0.0807. The lowest BCUT2D eigenvalue weighted by Crippen LogP contribution is -2.18. The fraction of sp³-hybridized carbons (Fsp3) is 0.211. The van der Waals surface area contributed by atoms with Gasteiger partial charge in [0, 0.05) is 17.5 Å². The average Bonchev–Trinajstić information content (AvgIpc) is 2.58. The quantitative estimate of drug-likeness (QED) is 0.803. The highest BCUT2D eigenvalue weighted by Crippen LogP contribution is 2.14. The summed E-state index contributed by atoms with van der Waals surface area (Å²) >= 11 is 0. The summed E-state index contributed by atoms with van der Waals surface area (Å²) in [5, 5.41) is 7.65. The predicted octanol–water partition coefficient (Wildman–Crippen LogP) is 3.04. The molecule has 5 heteroatoms. The molecule has 0 aliphatic carbocycles. The van der Waals surface area contributed by atoms with Crippen molar-refractivity contribution in [3.05, 3.63) is 70.0 Å². The normalized spacial score (nSPS) is 10.8. The van der Waals surface area contributed by atoms with Gasteiger partial charge in [0.15, 0.2) is 0 Å². The summed E-state index contributed by atoms with van der Waals surface area (Å²) in [6.07, 6.45) is 1.58. The zero-order chi connectivity index (χ0) is 17.1. The first kappa shape index (κ1) is 15.9. The highest BCUT2D eigenvalue weighted by atomic mass is 16.1. The lowest BCUT2D eigenvalue weighted by molar-refractivity contribution is -0.116. The number of aromatic nitrogens is 2. The molecule has 0 bridgehead atoms. The first-order valence-electron chi connectivity index (χ1n) is 7.86. The third-order valence-corrected chi connectivity index (χ3v) is 4.10. The van der Waals surface area contributed by atoms with Crippen LogP contribution in [0.1, 0.15) is 17.5 Å². The van der Waals surface area contributed by atoms with Gasteiger partial charge in [0.05, 0.1) is 18.3 Å². The van der Waals surface area contributed by atoms with E-state index >= 15 is 0 Å². The van der Waals surface area contributed by atoms with E-state index in [9.17, 15) is 9.59 Å². The van der Waals surface area contributed by atoms with Gasteiger partial charge in [0.2, 0.25) is 11.3 Å². The summed E-state index contributed by atoms with van der Waals surface area (Å²) in [4.78, 5) is 24.0. The second-order valence-electron chi connectivity index (χ2n) is 5.85. The molecular formula is C19H19N3O2. The molecule has 3 rings (SSSR count). The molecular weight excluding hydrogens is 302 g/mol. The lowest BCUT2D eigenvalue weighted by atomic mass is 10.1. The van der Waals surface area contributed by atoms with Crippen LogP contribution < -0.4 is 10.7 Å². The van der Waals surface area contributed by atoms with Gasteiger partial charge in [-0.2, -0.15) is 5.10 Å². The third kappa shape index (κ3) is 3.35. The van der Waals surface area contributed by atoms with Crippen LogP contribution in [0.3, 0.4) is 0 Å². The molecule has 0 aliphatic rings. The second-order valence-corrected chi connectivity index (χ2v) is 5.85. The number of aryl methyl sites for hydroxylation is 3. The fourth-order valence-electron chi connectivity index (χ4n) is 2.59. The molecule has 1 N–H and O–H groups in total. The molecule has 0 unspecified atom stereocenters. The predicted molar refractivity (Wildman–Crippen MR) is 95.2 cm³/mol. The van der Waals surface area contributed by atoms with Gasteiger partial charge in [0.1, 0.15) is 0 Å². The number of para-hydroxylation sites is 1. The molecule has 1 heterocycles. The number of nitrogens with one attached hydrogen (secondary N) is 1. The Bertz CT molecular complexity index is 960. The fourth-order valence-corrected chi connectivity index (χ4v) is 2.59. The number of amides is 1. The number of anilines is 1. The van der Waals surface area contributed by atoms with Gasteiger partial charge in [-0.05, 0) is 49.2 Å². The van der Waals surface area contributed by atoms with Crippen molar-refractivity contribution in [1.29, 1.82) is 0 Å². The van der Waals surface area contributed by atoms with Gasteiger partial charge in [-0.3, -0.25) is 14.3 Å². The van der Waals surface area contributed by atoms with Crippen LogP contribution in [0, 0.1) is 13.8 Å². The number of hydrogen-bond donors (Lipinski definition) is 1. The van der Waals surface area contributed by atoms with Crippen LogP contribution in [-0.2, 0) is 11.3 Å². The molecule has 2 aromatic carbocycles. The van der Waals surface area contributed by atoms with E-state index in [0.29, 0.717) is 11.9 Å². The van der Waals surface area contributed by atoms with Crippen LogP contribution in [0.5, 0.6) is 0 Å². The van der Waals surface area contributed by atoms with Crippen LogP contribution in [-0.4, -0.2) is 15.7 Å². The third-order valence-electron chi connectivity index (χ3n) is 4.10. The molecule has 0 saturated heterocycles. The molecule has 0 saturated carbocycles. The van der Waals surface area contributed by atoms with E-state index in [2.05, 4.69) is 10.4 Å². The maximum Gasteiger partial charge on any atom is 0.226 e. The Morgan fingerprint density at radius 3 is 2.71 bits per heavy atom. The minimum Gasteiger partial charge on any atom is -0.326 e. The summed E-state index contributed by atoms with van der Waals surface area (Å²) in [6.45, 7) is 4.47. The molecule has 5 nitrogen and oxygen atoms in total. The van der Waals surface area contributed by atoms with Crippen LogP contribution in [0.4, 0.5) is 5.69 Å². The Morgan fingerprint density at radius 2 is 1.92 bits per heavy atom. The van der Waals surface area contributed by atoms with Crippen molar-refractivity contribution in [3.8, 4) is 0 Å². The van der Waals surface area contributed by atoms with Gasteiger partial charge in [-0.25, -0.2) is 0 Å². The molecule has 0 atom stereocenters. The molecule has 24 heavy (non-hydrogen) atoms. The second kappa shape index (κ2) is 6.66. The number of hydrogen-bond acceptors (Lipinski definition) is 3. The average molecular weight is 321 g/mol. The molecule has 1 aromatic heterocycles. The highest BCUT2D eigenvalue weighted by molar-refractivity contribution is 5.90. The van der Waals surface area contributed by atoms with Crippen molar-refractivity contribution in [1.82, 2.24) is 9.78 Å². The first-order chi connectivity index (χ1) is 11.5. The van der Waals surface area contributed by atoms with Gasteiger partial charge in [-0.1, -0.05) is 18.2 Å². The van der Waals surface area contributed by atoms with Crippen LogP contribution in [0.25, 0.3) is 10.9 Å². The zero-order valence-corrected chi connectivity index (χ0v) is 13.7. The van der Waals surface area contributed by atoms with Crippen LogP contribution in [0.2, 0.25) is 0 Å².